The van der Waals surface area contributed by atoms with E-state index in [1.165, 1.54) is 6.07 Å². The zero-order chi connectivity index (χ0) is 11.1. The van der Waals surface area contributed by atoms with Crippen LogP contribution in [0.1, 0.15) is 28.9 Å². The van der Waals surface area contributed by atoms with Gasteiger partial charge in [0.05, 0.1) is 11.4 Å². The summed E-state index contributed by atoms with van der Waals surface area (Å²) in [5.74, 6) is 0.423. The molecule has 1 aromatic heterocycles. The van der Waals surface area contributed by atoms with Crippen molar-refractivity contribution >= 4 is 0 Å². The lowest BCUT2D eigenvalue weighted by atomic mass is 10.0. The maximum atomic E-state index is 10.0. The van der Waals surface area contributed by atoms with Gasteiger partial charge in [-0.2, -0.15) is 0 Å². The third kappa shape index (κ3) is 1.35. The highest BCUT2D eigenvalue weighted by Gasteiger charge is 2.22. The molecule has 1 unspecified atom stereocenters. The summed E-state index contributed by atoms with van der Waals surface area (Å²) in [6.07, 6.45) is -0.169. The summed E-state index contributed by atoms with van der Waals surface area (Å²) in [5.41, 5.74) is 2.32. The van der Waals surface area contributed by atoms with Gasteiger partial charge >= 0.3 is 0 Å². The summed E-state index contributed by atoms with van der Waals surface area (Å²) in [7, 11) is 0. The van der Waals surface area contributed by atoms with E-state index < -0.39 is 6.10 Å². The molecular weight excluding hydrogens is 204 g/mol. The molecule has 0 amide bonds. The van der Waals surface area contributed by atoms with E-state index in [1.807, 2.05) is 6.07 Å². The monoisotopic (exact) mass is 214 g/mol. The minimum absolute atomic E-state index is 0.0612. The van der Waals surface area contributed by atoms with Crippen LogP contribution in [-0.2, 0) is 6.42 Å². The van der Waals surface area contributed by atoms with Crippen molar-refractivity contribution in [2.45, 2.75) is 12.5 Å². The van der Waals surface area contributed by atoms with E-state index in [2.05, 4.69) is 9.97 Å². The Labute approximate surface area is 92.2 Å². The Balaban J connectivity index is 2.00. The molecule has 0 saturated heterocycles. The van der Waals surface area contributed by atoms with Gasteiger partial charge in [0.25, 0.3) is 0 Å². The van der Waals surface area contributed by atoms with Crippen LogP contribution in [0.25, 0.3) is 0 Å². The molecule has 4 rings (SSSR count). The second kappa shape index (κ2) is 3.28. The van der Waals surface area contributed by atoms with E-state index in [1.54, 1.807) is 18.2 Å². The smallest absolute Gasteiger partial charge is 0.162 e. The first-order valence-corrected chi connectivity index (χ1v) is 5.07. The Morgan fingerprint density at radius 3 is 2.38 bits per heavy atom. The van der Waals surface area contributed by atoms with Crippen LogP contribution in [0, 0.1) is 0 Å². The third-order valence-electron chi connectivity index (χ3n) is 2.69. The molecule has 16 heavy (non-hydrogen) atoms. The summed E-state index contributed by atoms with van der Waals surface area (Å²) >= 11 is 0. The lowest BCUT2D eigenvalue weighted by Crippen LogP contribution is -2.15. The van der Waals surface area contributed by atoms with Crippen molar-refractivity contribution in [2.75, 3.05) is 0 Å². The Morgan fingerprint density at radius 1 is 1.12 bits per heavy atom. The molecule has 1 aliphatic carbocycles. The fraction of sp³-hybridized carbons (Fsp3) is 0.167. The lowest BCUT2D eigenvalue weighted by Gasteiger charge is -2.18. The fourth-order valence-electron chi connectivity index (χ4n) is 1.79. The number of para-hydroxylation sites is 1. The second-order valence-corrected chi connectivity index (χ2v) is 3.85. The normalized spacial score (nSPS) is 14.3. The van der Waals surface area contributed by atoms with Crippen molar-refractivity contribution in [1.29, 1.82) is 0 Å². The van der Waals surface area contributed by atoms with Crippen molar-refractivity contribution in [3.8, 4) is 5.75 Å². The van der Waals surface area contributed by atoms with E-state index in [0.717, 1.165) is 17.8 Å². The molecule has 2 aromatic rings. The molecule has 1 aromatic carbocycles. The molecule has 0 fully saturated rings. The summed E-state index contributed by atoms with van der Waals surface area (Å²) < 4.78 is 0. The van der Waals surface area contributed by atoms with Crippen LogP contribution in [0.2, 0.25) is 0 Å². The van der Waals surface area contributed by atoms with Gasteiger partial charge < -0.3 is 10.2 Å². The predicted octanol–water partition coefficient (Wildman–Crippen LogP) is 1.17. The van der Waals surface area contributed by atoms with Gasteiger partial charge in [0, 0.05) is 12.0 Å². The van der Waals surface area contributed by atoms with Gasteiger partial charge in [-0.1, -0.05) is 18.2 Å². The van der Waals surface area contributed by atoms with Crippen LogP contribution in [0.5, 0.6) is 5.75 Å². The van der Waals surface area contributed by atoms with Crippen molar-refractivity contribution in [2.24, 2.45) is 0 Å². The van der Waals surface area contributed by atoms with E-state index in [4.69, 9.17) is 0 Å². The molecule has 2 bridgehead atoms. The molecule has 4 heteroatoms. The van der Waals surface area contributed by atoms with Gasteiger partial charge in [-0.05, 0) is 12.1 Å². The van der Waals surface area contributed by atoms with Crippen molar-refractivity contribution < 1.29 is 10.2 Å². The molecule has 2 heterocycles. The number of rotatable bonds is 2. The van der Waals surface area contributed by atoms with Gasteiger partial charge in [-0.25, -0.2) is 9.97 Å². The number of hydrogen-bond donors (Lipinski definition) is 2. The van der Waals surface area contributed by atoms with E-state index in [-0.39, 0.29) is 5.75 Å². The number of hydrogen-bond acceptors (Lipinski definition) is 4. The first-order valence-electron chi connectivity index (χ1n) is 5.07. The largest absolute Gasteiger partial charge is 0.508 e. The highest BCUT2D eigenvalue weighted by molar-refractivity contribution is 5.37. The zero-order valence-electron chi connectivity index (χ0n) is 8.46. The zero-order valence-corrected chi connectivity index (χ0v) is 8.46. The highest BCUT2D eigenvalue weighted by Crippen LogP contribution is 2.29. The Kier molecular flexibility index (Phi) is 1.91. The van der Waals surface area contributed by atoms with Crippen molar-refractivity contribution in [3.63, 3.8) is 0 Å². The molecular formula is C12H10N2O2. The van der Waals surface area contributed by atoms with Crippen LogP contribution in [0.3, 0.4) is 0 Å². The highest BCUT2D eigenvalue weighted by atomic mass is 16.3. The maximum absolute atomic E-state index is 10.0. The molecule has 2 aliphatic rings. The van der Waals surface area contributed by atoms with Crippen LogP contribution in [0.15, 0.2) is 30.3 Å². The minimum Gasteiger partial charge on any atom is -0.508 e. The van der Waals surface area contributed by atoms with E-state index in [0.29, 0.717) is 11.4 Å². The number of nitrogens with zero attached hydrogens (tertiary/aromatic N) is 2. The number of benzene rings is 1. The van der Waals surface area contributed by atoms with Crippen LogP contribution >= 0.6 is 0 Å². The van der Waals surface area contributed by atoms with Gasteiger partial charge in [0.1, 0.15) is 11.9 Å². The van der Waals surface area contributed by atoms with Crippen molar-refractivity contribution in [3.05, 3.63) is 53.1 Å². The molecule has 1 aliphatic heterocycles. The fourth-order valence-corrected chi connectivity index (χ4v) is 1.79. The van der Waals surface area contributed by atoms with E-state index >= 15 is 0 Å². The predicted molar refractivity (Wildman–Crippen MR) is 57.0 cm³/mol. The summed E-state index contributed by atoms with van der Waals surface area (Å²) in [4.78, 5) is 8.39. The standard InChI is InChI=1S/C12H10N2O2/c15-10-4-2-1-3-9(10)11(16)12-13-7-5-8(6-7)14-12/h1-5,11,15-16H,6H2. The van der Waals surface area contributed by atoms with Crippen LogP contribution in [-0.4, -0.2) is 20.2 Å². The number of aromatic hydroxyl groups is 1. The number of aromatic nitrogens is 2. The van der Waals surface area contributed by atoms with Gasteiger partial charge in [-0.15, -0.1) is 0 Å². The first kappa shape index (κ1) is 9.30. The third-order valence-corrected chi connectivity index (χ3v) is 2.69. The molecule has 0 radical (unpaired) electrons. The second-order valence-electron chi connectivity index (χ2n) is 3.85. The average molecular weight is 214 g/mol. The molecule has 0 saturated carbocycles. The molecule has 1 atom stereocenters. The van der Waals surface area contributed by atoms with Gasteiger partial charge in [0.15, 0.2) is 5.82 Å². The summed E-state index contributed by atoms with van der Waals surface area (Å²) in [5, 5.41) is 19.6. The number of aliphatic hydroxyl groups excluding tert-OH is 1. The Hall–Kier alpha value is -1.94. The summed E-state index contributed by atoms with van der Waals surface area (Å²) in [6.45, 7) is 0. The average Bonchev–Trinajstić information content (AvgIpc) is 2.28. The quantitative estimate of drug-likeness (QED) is 0.672. The SMILES string of the molecule is Oc1ccccc1C(O)c1nc2cc(n1)C2. The van der Waals surface area contributed by atoms with Crippen LogP contribution < -0.4 is 0 Å². The van der Waals surface area contributed by atoms with Crippen molar-refractivity contribution in [1.82, 2.24) is 9.97 Å². The molecule has 2 N–H and O–H groups in total. The Morgan fingerprint density at radius 2 is 1.75 bits per heavy atom. The number of phenolic OH excluding ortho intramolecular Hbond substituents is 1. The molecule has 0 spiro atoms. The molecule has 80 valence electrons. The van der Waals surface area contributed by atoms with Gasteiger partial charge in [0.2, 0.25) is 0 Å². The number of aliphatic hydroxyl groups is 1. The Bertz CT molecular complexity index is 534. The number of phenols is 1. The lowest BCUT2D eigenvalue weighted by molar-refractivity contribution is 0.204. The first-order chi connectivity index (χ1) is 7.74. The number of fused-ring (bicyclic) bond motifs is 2. The van der Waals surface area contributed by atoms with Crippen LogP contribution in [0.4, 0.5) is 0 Å². The minimum atomic E-state index is -0.958. The van der Waals surface area contributed by atoms with E-state index in [9.17, 15) is 10.2 Å². The maximum Gasteiger partial charge on any atom is 0.162 e. The van der Waals surface area contributed by atoms with Gasteiger partial charge in [-0.3, -0.25) is 0 Å². The topological polar surface area (TPSA) is 66.2 Å². The summed E-state index contributed by atoms with van der Waals surface area (Å²) in [6, 6.07) is 8.56. The molecule has 4 nitrogen and oxygen atoms in total.